The van der Waals surface area contributed by atoms with Crippen LogP contribution in [0.1, 0.15) is 50.8 Å². The van der Waals surface area contributed by atoms with Gasteiger partial charge in [0, 0.05) is 30.0 Å². The normalized spacial score (nSPS) is 19.1. The average molecular weight is 379 g/mol. The van der Waals surface area contributed by atoms with Crippen LogP contribution >= 0.6 is 11.3 Å². The fourth-order valence-corrected chi connectivity index (χ4v) is 4.77. The van der Waals surface area contributed by atoms with Gasteiger partial charge in [-0.3, -0.25) is 4.68 Å². The third-order valence-corrected chi connectivity index (χ3v) is 6.61. The number of aryl methyl sites for hydroxylation is 5. The lowest BCUT2D eigenvalue weighted by Crippen LogP contribution is -2.02. The smallest absolute Gasteiger partial charge is 0.157 e. The summed E-state index contributed by atoms with van der Waals surface area (Å²) >= 11 is 1.80. The van der Waals surface area contributed by atoms with Crippen LogP contribution in [0, 0.1) is 27.7 Å². The van der Waals surface area contributed by atoms with Gasteiger partial charge in [0.15, 0.2) is 5.65 Å². The van der Waals surface area contributed by atoms with Crippen molar-refractivity contribution in [3.63, 3.8) is 0 Å². The van der Waals surface area contributed by atoms with Crippen LogP contribution in [0.15, 0.2) is 18.3 Å². The topological polar surface area (TPSA) is 60.9 Å². The third-order valence-electron chi connectivity index (χ3n) is 5.57. The molecule has 4 heterocycles. The van der Waals surface area contributed by atoms with Crippen molar-refractivity contribution in [2.75, 3.05) is 0 Å². The molecule has 0 saturated heterocycles. The SMILES string of the molecule is Cc1ncc(C2CC2c2cc(-c3cc(C)c4nc(C)c(C)n4n3)n(C)n2)s1. The van der Waals surface area contributed by atoms with E-state index >= 15 is 0 Å². The first-order chi connectivity index (χ1) is 12.9. The molecule has 0 radical (unpaired) electrons. The molecule has 1 aliphatic carbocycles. The summed E-state index contributed by atoms with van der Waals surface area (Å²) in [5.41, 5.74) is 7.30. The van der Waals surface area contributed by atoms with Crippen molar-refractivity contribution in [1.82, 2.24) is 29.4 Å². The van der Waals surface area contributed by atoms with E-state index in [9.17, 15) is 0 Å². The van der Waals surface area contributed by atoms with Gasteiger partial charge in [0.05, 0.1) is 27.8 Å². The molecule has 0 aromatic carbocycles. The highest BCUT2D eigenvalue weighted by Crippen LogP contribution is 2.55. The Balaban J connectivity index is 1.52. The molecule has 27 heavy (non-hydrogen) atoms. The highest BCUT2D eigenvalue weighted by Gasteiger charge is 2.42. The van der Waals surface area contributed by atoms with Gasteiger partial charge in [0.1, 0.15) is 5.69 Å². The maximum atomic E-state index is 4.85. The fourth-order valence-electron chi connectivity index (χ4n) is 3.80. The van der Waals surface area contributed by atoms with Gasteiger partial charge in [0.2, 0.25) is 0 Å². The van der Waals surface area contributed by atoms with Gasteiger partial charge in [-0.2, -0.15) is 10.2 Å². The molecule has 7 heteroatoms. The van der Waals surface area contributed by atoms with Gasteiger partial charge >= 0.3 is 0 Å². The van der Waals surface area contributed by atoms with Crippen LogP contribution in [0.5, 0.6) is 0 Å². The number of hydrogen-bond acceptors (Lipinski definition) is 5. The van der Waals surface area contributed by atoms with E-state index in [1.165, 1.54) is 4.88 Å². The zero-order chi connectivity index (χ0) is 18.9. The lowest BCUT2D eigenvalue weighted by atomic mass is 10.2. The van der Waals surface area contributed by atoms with Crippen LogP contribution in [-0.2, 0) is 7.05 Å². The highest BCUT2D eigenvalue weighted by atomic mass is 32.1. The van der Waals surface area contributed by atoms with E-state index in [1.54, 1.807) is 11.3 Å². The predicted molar refractivity (Wildman–Crippen MR) is 106 cm³/mol. The minimum absolute atomic E-state index is 0.492. The largest absolute Gasteiger partial charge is 0.266 e. The minimum atomic E-state index is 0.492. The Hall–Kier alpha value is -2.54. The number of imidazole rings is 1. The molecule has 6 nitrogen and oxygen atoms in total. The summed E-state index contributed by atoms with van der Waals surface area (Å²) in [6, 6.07) is 4.31. The van der Waals surface area contributed by atoms with Crippen LogP contribution < -0.4 is 0 Å². The Kier molecular flexibility index (Phi) is 3.53. The Labute approximate surface area is 161 Å². The minimum Gasteiger partial charge on any atom is -0.266 e. The lowest BCUT2D eigenvalue weighted by Gasteiger charge is -2.05. The van der Waals surface area contributed by atoms with E-state index in [0.29, 0.717) is 11.8 Å². The number of nitrogens with zero attached hydrogens (tertiary/aromatic N) is 6. The Bertz CT molecular complexity index is 1180. The van der Waals surface area contributed by atoms with Crippen molar-refractivity contribution in [3.8, 4) is 11.4 Å². The molecule has 4 aromatic heterocycles. The molecule has 1 fully saturated rings. The Morgan fingerprint density at radius 3 is 2.63 bits per heavy atom. The summed E-state index contributed by atoms with van der Waals surface area (Å²) in [5, 5.41) is 10.8. The maximum Gasteiger partial charge on any atom is 0.157 e. The van der Waals surface area contributed by atoms with Crippen molar-refractivity contribution < 1.29 is 0 Å². The van der Waals surface area contributed by atoms with Crippen LogP contribution in [0.4, 0.5) is 0 Å². The summed E-state index contributed by atoms with van der Waals surface area (Å²) in [4.78, 5) is 10.4. The van der Waals surface area contributed by atoms with Crippen molar-refractivity contribution in [2.24, 2.45) is 7.05 Å². The Morgan fingerprint density at radius 1 is 1.07 bits per heavy atom. The van der Waals surface area contributed by atoms with Gasteiger partial charge in [-0.05, 0) is 51.8 Å². The summed E-state index contributed by atoms with van der Waals surface area (Å²) in [6.07, 6.45) is 3.18. The Morgan fingerprint density at radius 2 is 1.89 bits per heavy atom. The molecule has 2 atom stereocenters. The molecule has 0 amide bonds. The number of aromatic nitrogens is 6. The quantitative estimate of drug-likeness (QED) is 0.539. The zero-order valence-corrected chi connectivity index (χ0v) is 17.0. The third kappa shape index (κ3) is 2.60. The zero-order valence-electron chi connectivity index (χ0n) is 16.2. The summed E-state index contributed by atoms with van der Waals surface area (Å²) < 4.78 is 3.90. The first kappa shape index (κ1) is 16.6. The van der Waals surface area contributed by atoms with Crippen LogP contribution in [0.2, 0.25) is 0 Å². The van der Waals surface area contributed by atoms with Crippen molar-refractivity contribution in [3.05, 3.63) is 50.9 Å². The number of hydrogen-bond donors (Lipinski definition) is 0. The van der Waals surface area contributed by atoms with Crippen molar-refractivity contribution >= 4 is 17.0 Å². The first-order valence-electron chi connectivity index (χ1n) is 9.22. The van der Waals surface area contributed by atoms with Gasteiger partial charge in [-0.15, -0.1) is 11.3 Å². The fraction of sp³-hybridized carbons (Fsp3) is 0.400. The molecule has 1 aliphatic rings. The molecule has 0 bridgehead atoms. The molecule has 5 rings (SSSR count). The molecule has 4 aromatic rings. The number of fused-ring (bicyclic) bond motifs is 1. The second kappa shape index (κ2) is 5.73. The van der Waals surface area contributed by atoms with E-state index in [2.05, 4.69) is 42.9 Å². The standard InChI is InChI=1S/C20H22N6S/c1-10-6-17(24-26-12(3)11(2)22-20(10)26)18-8-16(23-25(18)5)14-7-15(14)19-9-21-13(4)27-19/h6,8-9,14-15H,7H2,1-5H3. The predicted octanol–water partition coefficient (Wildman–Crippen LogP) is 4.09. The maximum absolute atomic E-state index is 4.85. The molecular weight excluding hydrogens is 356 g/mol. The lowest BCUT2D eigenvalue weighted by molar-refractivity contribution is 0.742. The van der Waals surface area contributed by atoms with Gasteiger partial charge in [-0.25, -0.2) is 14.5 Å². The van der Waals surface area contributed by atoms with E-state index in [-0.39, 0.29) is 0 Å². The molecule has 0 N–H and O–H groups in total. The van der Waals surface area contributed by atoms with Crippen LogP contribution in [0.25, 0.3) is 17.0 Å². The number of thiazole rings is 1. The molecule has 138 valence electrons. The van der Waals surface area contributed by atoms with E-state index in [4.69, 9.17) is 10.2 Å². The second-order valence-corrected chi connectivity index (χ2v) is 8.81. The van der Waals surface area contributed by atoms with Crippen LogP contribution in [0.3, 0.4) is 0 Å². The van der Waals surface area contributed by atoms with Gasteiger partial charge < -0.3 is 0 Å². The molecule has 1 saturated carbocycles. The summed E-state index contributed by atoms with van der Waals surface area (Å²) in [6.45, 7) is 8.24. The average Bonchev–Trinajstić information content (AvgIpc) is 3.01. The van der Waals surface area contributed by atoms with E-state index in [1.807, 2.05) is 29.4 Å². The summed E-state index contributed by atoms with van der Waals surface area (Å²) in [7, 11) is 2.00. The highest BCUT2D eigenvalue weighted by molar-refractivity contribution is 7.11. The van der Waals surface area contributed by atoms with Gasteiger partial charge in [0.25, 0.3) is 0 Å². The van der Waals surface area contributed by atoms with Crippen LogP contribution in [-0.4, -0.2) is 29.4 Å². The van der Waals surface area contributed by atoms with Gasteiger partial charge in [-0.1, -0.05) is 0 Å². The molecular formula is C20H22N6S. The van der Waals surface area contributed by atoms with Crippen molar-refractivity contribution in [2.45, 2.75) is 46.0 Å². The van der Waals surface area contributed by atoms with E-state index in [0.717, 1.165) is 51.1 Å². The first-order valence-corrected chi connectivity index (χ1v) is 10.0. The van der Waals surface area contributed by atoms with Crippen molar-refractivity contribution in [1.29, 1.82) is 0 Å². The number of rotatable bonds is 3. The molecule has 2 unspecified atom stereocenters. The molecule has 0 aliphatic heterocycles. The monoisotopic (exact) mass is 378 g/mol. The summed E-state index contributed by atoms with van der Waals surface area (Å²) in [5.74, 6) is 1.06. The van der Waals surface area contributed by atoms with E-state index < -0.39 is 0 Å². The second-order valence-electron chi connectivity index (χ2n) is 7.54. The molecule has 0 spiro atoms.